The van der Waals surface area contributed by atoms with E-state index >= 15 is 0 Å². The number of aromatic nitrogens is 2. The number of carbonyl (C=O) groups excluding carboxylic acids is 1. The van der Waals surface area contributed by atoms with Gasteiger partial charge >= 0.3 is 0 Å². The maximum Gasteiger partial charge on any atom is 0.230 e. The van der Waals surface area contributed by atoms with Crippen molar-refractivity contribution in [2.24, 2.45) is 18.4 Å². The lowest BCUT2D eigenvalue weighted by Gasteiger charge is -2.42. The number of piperidine rings is 1. The first-order chi connectivity index (χ1) is 13.2. The number of likely N-dealkylation sites (tertiary alicyclic amines) is 2. The Labute approximate surface area is 160 Å². The monoisotopic (exact) mass is 368 g/mol. The van der Waals surface area contributed by atoms with E-state index in [9.17, 15) is 4.79 Å². The Kier molecular flexibility index (Phi) is 4.11. The van der Waals surface area contributed by atoms with Crippen LogP contribution in [0, 0.1) is 11.3 Å². The zero-order valence-electron chi connectivity index (χ0n) is 16.0. The normalized spacial score (nSPS) is 29.1. The van der Waals surface area contributed by atoms with E-state index in [1.165, 1.54) is 18.5 Å². The topological polar surface area (TPSA) is 54.5 Å². The first kappa shape index (κ1) is 17.0. The van der Waals surface area contributed by atoms with Gasteiger partial charge < -0.3 is 9.32 Å². The Morgan fingerprint density at radius 2 is 2.22 bits per heavy atom. The largest absolute Gasteiger partial charge is 0.468 e. The zero-order chi connectivity index (χ0) is 18.4. The third-order valence-corrected chi connectivity index (χ3v) is 6.73. The highest BCUT2D eigenvalue weighted by atomic mass is 16.3. The van der Waals surface area contributed by atoms with E-state index in [1.807, 2.05) is 30.1 Å². The first-order valence-electron chi connectivity index (χ1n) is 10.2. The van der Waals surface area contributed by atoms with Gasteiger partial charge in [0.2, 0.25) is 5.91 Å². The molecule has 5 rings (SSSR count). The summed E-state index contributed by atoms with van der Waals surface area (Å²) >= 11 is 0. The van der Waals surface area contributed by atoms with Gasteiger partial charge in [0, 0.05) is 51.0 Å². The Hall–Kier alpha value is -2.08. The molecule has 1 saturated carbocycles. The maximum atomic E-state index is 13.7. The molecule has 0 bridgehead atoms. The van der Waals surface area contributed by atoms with Crippen LogP contribution in [0.2, 0.25) is 0 Å². The van der Waals surface area contributed by atoms with Gasteiger partial charge in [0.05, 0.1) is 18.2 Å². The maximum absolute atomic E-state index is 13.7. The molecule has 6 nitrogen and oxygen atoms in total. The molecule has 0 N–H and O–H groups in total. The Bertz CT molecular complexity index is 810. The lowest BCUT2D eigenvalue weighted by molar-refractivity contribution is -0.147. The molecule has 2 aromatic heterocycles. The average Bonchev–Trinajstić information content (AvgIpc) is 3.03. The summed E-state index contributed by atoms with van der Waals surface area (Å²) < 4.78 is 7.53. The van der Waals surface area contributed by atoms with Gasteiger partial charge in [0.15, 0.2) is 0 Å². The Morgan fingerprint density at radius 1 is 1.33 bits per heavy atom. The van der Waals surface area contributed by atoms with Gasteiger partial charge in [-0.25, -0.2) is 0 Å². The second-order valence-corrected chi connectivity index (χ2v) is 8.64. The van der Waals surface area contributed by atoms with Crippen LogP contribution in [-0.4, -0.2) is 51.7 Å². The number of nitrogens with zero attached hydrogens (tertiary/aromatic N) is 4. The SMILES string of the molecule is Cn1nccc1[C@@H]1CN(Cc2ccco2)C[C@]12CCCN(CC1CC1)C2=O. The third-order valence-electron chi connectivity index (χ3n) is 6.73. The third kappa shape index (κ3) is 3.00. The minimum atomic E-state index is -0.326. The minimum absolute atomic E-state index is 0.189. The summed E-state index contributed by atoms with van der Waals surface area (Å²) in [6, 6.07) is 6.05. The molecule has 144 valence electrons. The van der Waals surface area contributed by atoms with Crippen molar-refractivity contribution in [3.8, 4) is 0 Å². The fraction of sp³-hybridized carbons (Fsp3) is 0.619. The van der Waals surface area contributed by atoms with Crippen molar-refractivity contribution in [1.29, 1.82) is 0 Å². The van der Waals surface area contributed by atoms with E-state index in [0.717, 1.165) is 57.2 Å². The van der Waals surface area contributed by atoms with Crippen molar-refractivity contribution in [3.63, 3.8) is 0 Å². The quantitative estimate of drug-likeness (QED) is 0.814. The van der Waals surface area contributed by atoms with Gasteiger partial charge in [0.25, 0.3) is 0 Å². The van der Waals surface area contributed by atoms with E-state index in [2.05, 4.69) is 21.0 Å². The highest BCUT2D eigenvalue weighted by molar-refractivity contribution is 5.85. The van der Waals surface area contributed by atoms with Crippen LogP contribution in [-0.2, 0) is 18.4 Å². The summed E-state index contributed by atoms with van der Waals surface area (Å²) in [5.41, 5.74) is 0.853. The molecule has 2 aromatic rings. The van der Waals surface area contributed by atoms with Gasteiger partial charge in [-0.05, 0) is 49.8 Å². The molecule has 27 heavy (non-hydrogen) atoms. The summed E-state index contributed by atoms with van der Waals surface area (Å²) in [6.07, 6.45) is 8.22. The van der Waals surface area contributed by atoms with E-state index < -0.39 is 0 Å². The molecule has 1 spiro atoms. The lowest BCUT2D eigenvalue weighted by Crippen LogP contribution is -2.52. The van der Waals surface area contributed by atoms with Gasteiger partial charge in [-0.15, -0.1) is 0 Å². The van der Waals surface area contributed by atoms with Crippen LogP contribution in [0.15, 0.2) is 35.1 Å². The van der Waals surface area contributed by atoms with Gasteiger partial charge in [-0.3, -0.25) is 14.4 Å². The van der Waals surface area contributed by atoms with Crippen molar-refractivity contribution in [1.82, 2.24) is 19.6 Å². The molecular formula is C21H28N4O2. The molecule has 1 amide bonds. The van der Waals surface area contributed by atoms with E-state index in [1.54, 1.807) is 6.26 Å². The van der Waals surface area contributed by atoms with Gasteiger partial charge in [0.1, 0.15) is 5.76 Å². The van der Waals surface area contributed by atoms with Gasteiger partial charge in [-0.2, -0.15) is 5.10 Å². The van der Waals surface area contributed by atoms with Gasteiger partial charge in [-0.1, -0.05) is 0 Å². The summed E-state index contributed by atoms with van der Waals surface area (Å²) in [5, 5.41) is 4.40. The number of amides is 1. The van der Waals surface area contributed by atoms with Crippen LogP contribution >= 0.6 is 0 Å². The van der Waals surface area contributed by atoms with Crippen LogP contribution in [0.1, 0.15) is 43.1 Å². The number of hydrogen-bond donors (Lipinski definition) is 0. The summed E-state index contributed by atoms with van der Waals surface area (Å²) in [7, 11) is 1.99. The molecule has 0 unspecified atom stereocenters. The molecule has 2 aliphatic heterocycles. The number of furan rings is 1. The van der Waals surface area contributed by atoms with Crippen molar-refractivity contribution in [3.05, 3.63) is 42.1 Å². The molecule has 1 aliphatic carbocycles. The second kappa shape index (κ2) is 6.51. The molecule has 3 fully saturated rings. The van der Waals surface area contributed by atoms with Crippen LogP contribution in [0.5, 0.6) is 0 Å². The van der Waals surface area contributed by atoms with Crippen LogP contribution in [0.4, 0.5) is 0 Å². The lowest BCUT2D eigenvalue weighted by atomic mass is 9.70. The Balaban J connectivity index is 1.46. The highest BCUT2D eigenvalue weighted by Gasteiger charge is 2.56. The van der Waals surface area contributed by atoms with Crippen LogP contribution in [0.25, 0.3) is 0 Å². The molecular weight excluding hydrogens is 340 g/mol. The highest BCUT2D eigenvalue weighted by Crippen LogP contribution is 2.50. The first-order valence-corrected chi connectivity index (χ1v) is 10.2. The molecule has 0 aromatic carbocycles. The van der Waals surface area contributed by atoms with Crippen LogP contribution in [0.3, 0.4) is 0 Å². The van der Waals surface area contributed by atoms with Crippen molar-refractivity contribution in [2.75, 3.05) is 26.2 Å². The molecule has 4 heterocycles. The number of carbonyl (C=O) groups is 1. The smallest absolute Gasteiger partial charge is 0.230 e. The summed E-state index contributed by atoms with van der Waals surface area (Å²) in [4.78, 5) is 18.3. The predicted octanol–water partition coefficient (Wildman–Crippen LogP) is 2.63. The van der Waals surface area contributed by atoms with Crippen molar-refractivity contribution >= 4 is 5.91 Å². The van der Waals surface area contributed by atoms with Crippen molar-refractivity contribution in [2.45, 2.75) is 38.1 Å². The fourth-order valence-corrected chi connectivity index (χ4v) is 5.22. The van der Waals surface area contributed by atoms with E-state index in [0.29, 0.717) is 5.91 Å². The van der Waals surface area contributed by atoms with Crippen LogP contribution < -0.4 is 0 Å². The molecule has 3 aliphatic rings. The fourth-order valence-electron chi connectivity index (χ4n) is 5.22. The predicted molar refractivity (Wildman–Crippen MR) is 101 cm³/mol. The number of hydrogen-bond acceptors (Lipinski definition) is 4. The van der Waals surface area contributed by atoms with E-state index in [-0.39, 0.29) is 11.3 Å². The van der Waals surface area contributed by atoms with Crippen molar-refractivity contribution < 1.29 is 9.21 Å². The molecule has 6 heteroatoms. The Morgan fingerprint density at radius 3 is 2.93 bits per heavy atom. The molecule has 2 saturated heterocycles. The van der Waals surface area contributed by atoms with E-state index in [4.69, 9.17) is 4.42 Å². The standard InChI is InChI=1S/C21H28N4O2/c1-23-19(7-9-22-23)18-14-24(13-17-4-2-11-27-17)15-21(18)8-3-10-25(20(21)26)12-16-5-6-16/h2,4,7,9,11,16,18H,3,5-6,8,10,12-15H2,1H3/t18-,21+/m0/s1. The molecule has 0 radical (unpaired) electrons. The summed E-state index contributed by atoms with van der Waals surface area (Å²) in [6.45, 7) is 4.33. The minimum Gasteiger partial charge on any atom is -0.468 e. The number of aryl methyl sites for hydroxylation is 1. The summed E-state index contributed by atoms with van der Waals surface area (Å²) in [5.74, 6) is 2.26. The zero-order valence-corrected chi connectivity index (χ0v) is 16.0. The molecule has 2 atom stereocenters. The second-order valence-electron chi connectivity index (χ2n) is 8.64. The average molecular weight is 368 g/mol. The number of rotatable bonds is 5.